The number of carbonyl (C=O) groups is 5. The van der Waals surface area contributed by atoms with Gasteiger partial charge < -0.3 is 29.0 Å². The predicted molar refractivity (Wildman–Crippen MR) is 181 cm³/mol. The highest BCUT2D eigenvalue weighted by Gasteiger charge is 2.54. The molecule has 2 aliphatic rings. The zero-order chi connectivity index (χ0) is 36.0. The van der Waals surface area contributed by atoms with E-state index in [1.165, 1.54) is 23.8 Å². The van der Waals surface area contributed by atoms with Crippen LogP contribution in [-0.4, -0.2) is 89.3 Å². The average Bonchev–Trinajstić information content (AvgIpc) is 3.42. The number of aromatic nitrogens is 1. The quantitative estimate of drug-likeness (QED) is 0.0470. The van der Waals surface area contributed by atoms with Gasteiger partial charge >= 0.3 is 26.1 Å². The third-order valence-electron chi connectivity index (χ3n) is 6.43. The zero-order valence-electron chi connectivity index (χ0n) is 26.4. The third-order valence-corrected chi connectivity index (χ3v) is 9.26. The molecule has 2 N–H and O–H groups in total. The third kappa shape index (κ3) is 9.06. The van der Waals surface area contributed by atoms with Gasteiger partial charge in [-0.05, 0) is 50.6 Å². The largest absolute Gasteiger partial charge is 0.538 e. The summed E-state index contributed by atoms with van der Waals surface area (Å²) in [6.45, 7) is 8.22. The molecule has 2 aliphatic heterocycles. The van der Waals surface area contributed by atoms with Gasteiger partial charge in [0.1, 0.15) is 45.1 Å². The van der Waals surface area contributed by atoms with Crippen molar-refractivity contribution in [3.8, 4) is 5.75 Å². The molecule has 4 rings (SSSR count). The zero-order valence-corrected chi connectivity index (χ0v) is 29.5. The molecule has 1 saturated heterocycles. The van der Waals surface area contributed by atoms with Crippen molar-refractivity contribution in [1.82, 2.24) is 15.2 Å². The van der Waals surface area contributed by atoms with E-state index in [2.05, 4.69) is 32.0 Å². The molecule has 0 bridgehead atoms. The smallest absolute Gasteiger partial charge is 0.413 e. The lowest BCUT2D eigenvalue weighted by molar-refractivity contribution is -0.153. The first-order chi connectivity index (χ1) is 23.2. The Morgan fingerprint density at radius 3 is 2.51 bits per heavy atom. The van der Waals surface area contributed by atoms with E-state index in [4.69, 9.17) is 50.3 Å². The van der Waals surface area contributed by atoms with Crippen molar-refractivity contribution in [3.05, 3.63) is 63.5 Å². The number of benzene rings is 1. The van der Waals surface area contributed by atoms with Crippen molar-refractivity contribution in [3.63, 3.8) is 0 Å². The summed E-state index contributed by atoms with van der Waals surface area (Å²) in [4.78, 5) is 74.6. The van der Waals surface area contributed by atoms with Gasteiger partial charge in [0.2, 0.25) is 5.76 Å². The van der Waals surface area contributed by atoms with Gasteiger partial charge in [-0.1, -0.05) is 40.2 Å². The number of nitrogens with one attached hydrogen (secondary N) is 2. The number of thiazole rings is 1. The number of oxime groups is 1. The molecular formula is C29H28BCl2N5O10S2. The lowest BCUT2D eigenvalue weighted by Gasteiger charge is -2.49. The average molecular weight is 752 g/mol. The van der Waals surface area contributed by atoms with Gasteiger partial charge in [-0.25, -0.2) is 19.4 Å². The molecule has 3 amide bonds. The second kappa shape index (κ2) is 16.0. The second-order valence-corrected chi connectivity index (χ2v) is 14.0. The fourth-order valence-corrected chi connectivity index (χ4v) is 6.92. The molecule has 258 valence electrons. The maximum atomic E-state index is 13.6. The Bertz CT molecular complexity index is 1730. The van der Waals surface area contributed by atoms with Gasteiger partial charge in [-0.15, -0.1) is 23.4 Å². The Labute approximate surface area is 299 Å². The summed E-state index contributed by atoms with van der Waals surface area (Å²) < 4.78 is 19.8. The first-order valence-electron chi connectivity index (χ1n) is 14.0. The number of fused-ring (bicyclic) bond motifs is 1. The number of hydrogen-bond acceptors (Lipinski definition) is 14. The van der Waals surface area contributed by atoms with Crippen LogP contribution in [0.25, 0.3) is 0 Å². The fraction of sp³-hybridized carbons (Fsp3) is 0.345. The van der Waals surface area contributed by atoms with Crippen molar-refractivity contribution in [2.75, 3.05) is 24.1 Å². The minimum absolute atomic E-state index is 0.0167. The Morgan fingerprint density at radius 2 is 1.90 bits per heavy atom. The molecule has 1 aromatic carbocycles. The van der Waals surface area contributed by atoms with Crippen LogP contribution < -0.4 is 15.4 Å². The maximum Gasteiger partial charge on any atom is 0.413 e. The molecule has 0 saturated carbocycles. The molecule has 2 radical (unpaired) electrons. The summed E-state index contributed by atoms with van der Waals surface area (Å²) in [5.74, 6) is -3.47. The molecule has 3 heterocycles. The lowest BCUT2D eigenvalue weighted by Crippen LogP contribution is -2.71. The van der Waals surface area contributed by atoms with E-state index >= 15 is 0 Å². The number of halogens is 2. The lowest BCUT2D eigenvalue weighted by atomic mass is 10.0. The van der Waals surface area contributed by atoms with Crippen LogP contribution in [0.1, 0.15) is 32.0 Å². The SMILES string of the molecule is [B]OC(=O)C(=C)O/N=C(\C(=O)NC1C(=O)N2C(C(=O)OCc3ccc(OC)cc3)=C(CCl)CSC12)c1nc(NC(=O)OC(C)(C)C)sc1Cl. The number of amides is 3. The Balaban J connectivity index is 1.53. The van der Waals surface area contributed by atoms with Gasteiger partial charge in [-0.2, -0.15) is 0 Å². The predicted octanol–water partition coefficient (Wildman–Crippen LogP) is 3.65. The molecule has 0 spiro atoms. The number of nitrogens with zero attached hydrogens (tertiary/aromatic N) is 3. The van der Waals surface area contributed by atoms with Gasteiger partial charge in [0.05, 0.1) is 7.11 Å². The van der Waals surface area contributed by atoms with Gasteiger partial charge in [0.25, 0.3) is 11.8 Å². The van der Waals surface area contributed by atoms with Crippen LogP contribution in [0, 0.1) is 0 Å². The number of methoxy groups -OCH3 is 1. The fourth-order valence-electron chi connectivity index (χ4n) is 4.21. The highest BCUT2D eigenvalue weighted by molar-refractivity contribution is 8.00. The number of hydrogen-bond donors (Lipinski definition) is 2. The Kier molecular flexibility index (Phi) is 12.2. The van der Waals surface area contributed by atoms with E-state index in [0.29, 0.717) is 16.9 Å². The molecule has 15 nitrogen and oxygen atoms in total. The van der Waals surface area contributed by atoms with Crippen LogP contribution >= 0.6 is 46.3 Å². The van der Waals surface area contributed by atoms with Gasteiger partial charge in [0.15, 0.2) is 10.8 Å². The number of carbonyl (C=O) groups excluding carboxylic acids is 5. The van der Waals surface area contributed by atoms with E-state index in [0.717, 1.165) is 11.3 Å². The molecular weight excluding hydrogens is 724 g/mol. The summed E-state index contributed by atoms with van der Waals surface area (Å²) in [6.07, 6.45) is -0.847. The van der Waals surface area contributed by atoms with Gasteiger partial charge in [-0.3, -0.25) is 19.8 Å². The molecule has 2 aromatic rings. The van der Waals surface area contributed by atoms with Crippen LogP contribution in [-0.2, 0) is 44.8 Å². The van der Waals surface area contributed by atoms with Crippen molar-refractivity contribution >= 4 is 95.0 Å². The second-order valence-electron chi connectivity index (χ2n) is 11.0. The first kappa shape index (κ1) is 37.6. The van der Waals surface area contributed by atoms with Crippen molar-refractivity contribution in [2.24, 2.45) is 5.16 Å². The Morgan fingerprint density at radius 1 is 1.20 bits per heavy atom. The molecule has 2 unspecified atom stereocenters. The first-order valence-corrected chi connectivity index (χ1v) is 16.8. The van der Waals surface area contributed by atoms with E-state index in [9.17, 15) is 24.0 Å². The van der Waals surface area contributed by atoms with Crippen LogP contribution in [0.2, 0.25) is 4.34 Å². The molecule has 49 heavy (non-hydrogen) atoms. The number of anilines is 1. The summed E-state index contributed by atoms with van der Waals surface area (Å²) in [6, 6.07) is 5.73. The van der Waals surface area contributed by atoms with E-state index in [-0.39, 0.29) is 39.1 Å². The van der Waals surface area contributed by atoms with E-state index in [1.54, 1.807) is 45.0 Å². The highest BCUT2D eigenvalue weighted by Crippen LogP contribution is 2.41. The standard InChI is InChI=1S/C29H28BCl2N5O10S2/c1-13(25(40)46-30)47-36-18(17-21(32)49-27(34-17)35-28(42)45-29(2,3)4)22(38)33-19-23(39)37-20(15(10-31)12-48-24(19)37)26(41)44-11-14-6-8-16(43-5)9-7-14/h6-9,19,24H,1,10-12H2,2-5H3,(H,33,38)(H,34,35,42)/b36-18-. The monoisotopic (exact) mass is 751 g/mol. The van der Waals surface area contributed by atoms with Crippen LogP contribution in [0.4, 0.5) is 9.93 Å². The van der Waals surface area contributed by atoms with Crippen molar-refractivity contribution in [1.29, 1.82) is 0 Å². The Hall–Kier alpha value is -4.26. The van der Waals surface area contributed by atoms with E-state index in [1.807, 2.05) is 0 Å². The number of alkyl halides is 1. The van der Waals surface area contributed by atoms with Crippen LogP contribution in [0.3, 0.4) is 0 Å². The normalized spacial score (nSPS) is 17.3. The highest BCUT2D eigenvalue weighted by atomic mass is 35.5. The molecule has 20 heteroatoms. The van der Waals surface area contributed by atoms with Crippen LogP contribution in [0.15, 0.2) is 53.0 Å². The van der Waals surface area contributed by atoms with Crippen LogP contribution in [0.5, 0.6) is 5.75 Å². The molecule has 1 aromatic heterocycles. The minimum atomic E-state index is -1.20. The minimum Gasteiger partial charge on any atom is -0.538 e. The van der Waals surface area contributed by atoms with Crippen molar-refractivity contribution < 1.29 is 47.7 Å². The molecule has 1 fully saturated rings. The van der Waals surface area contributed by atoms with Crippen molar-refractivity contribution in [2.45, 2.75) is 44.4 Å². The number of β-lactam (4-membered cyclic amide) rings is 1. The van der Waals surface area contributed by atoms with E-state index < -0.39 is 58.3 Å². The number of ether oxygens (including phenoxy) is 3. The summed E-state index contributed by atoms with van der Waals surface area (Å²) in [7, 11) is 6.38. The summed E-state index contributed by atoms with van der Waals surface area (Å²) >= 11 is 14.5. The number of esters is 1. The van der Waals surface area contributed by atoms with Gasteiger partial charge in [0, 0.05) is 11.6 Å². The summed E-state index contributed by atoms with van der Waals surface area (Å²) in [5.41, 5.74) is -0.563. The molecule has 0 aliphatic carbocycles. The molecule has 2 atom stereocenters. The summed E-state index contributed by atoms with van der Waals surface area (Å²) in [5, 5.41) is 7.82. The topological polar surface area (TPSA) is 184 Å². The maximum absolute atomic E-state index is 13.6. The number of thioether (sulfide) groups is 1. The number of rotatable bonds is 12.